The number of aliphatic imine (C=N–C) groups is 1. The predicted molar refractivity (Wildman–Crippen MR) is 128 cm³/mol. The van der Waals surface area contributed by atoms with Crippen LogP contribution in [0.2, 0.25) is 0 Å². The molecule has 10 heteroatoms. The van der Waals surface area contributed by atoms with Gasteiger partial charge in [0.25, 0.3) is 5.91 Å². The van der Waals surface area contributed by atoms with Crippen LogP contribution in [0.4, 0.5) is 0 Å². The van der Waals surface area contributed by atoms with Crippen molar-refractivity contribution in [3.8, 4) is 0 Å². The molecule has 3 aromatic rings. The Morgan fingerprint density at radius 2 is 1.83 bits per heavy atom. The van der Waals surface area contributed by atoms with Crippen LogP contribution in [0.15, 0.2) is 58.1 Å². The first-order valence-corrected chi connectivity index (χ1v) is 9.81. The maximum Gasteiger partial charge on any atom is 0.251 e. The number of aromatic nitrogens is 3. The Bertz CT molecular complexity index is 959. The second-order valence-corrected chi connectivity index (χ2v) is 6.85. The number of carbonyl (C=O) groups excluding carboxylic acids is 1. The van der Waals surface area contributed by atoms with Gasteiger partial charge in [-0.2, -0.15) is 0 Å². The van der Waals surface area contributed by atoms with E-state index >= 15 is 0 Å². The van der Waals surface area contributed by atoms with Crippen LogP contribution in [0.1, 0.15) is 23.1 Å². The van der Waals surface area contributed by atoms with Crippen molar-refractivity contribution in [2.24, 2.45) is 4.99 Å². The molecule has 0 fully saturated rings. The molecule has 3 rings (SSSR count). The van der Waals surface area contributed by atoms with Crippen LogP contribution in [0.25, 0.3) is 5.65 Å². The van der Waals surface area contributed by atoms with Gasteiger partial charge in [0, 0.05) is 35.9 Å². The molecule has 0 aliphatic carbocycles. The molecule has 0 bridgehead atoms. The lowest BCUT2D eigenvalue weighted by Gasteiger charge is -2.11. The highest BCUT2D eigenvalue weighted by molar-refractivity contribution is 14.0. The molecule has 0 spiro atoms. The van der Waals surface area contributed by atoms with Crippen LogP contribution in [-0.2, 0) is 6.54 Å². The Labute approximate surface area is 194 Å². The smallest absolute Gasteiger partial charge is 0.251 e. The number of carbonyl (C=O) groups is 1. The molecule has 0 unspecified atom stereocenters. The van der Waals surface area contributed by atoms with Gasteiger partial charge < -0.3 is 16.0 Å². The standard InChI is InChI=1S/C19H22BrN7O.HI/c1-2-21-19(24-13-17-26-25-16-5-3-4-12-27(16)17)23-11-10-22-18(28)14-6-8-15(20)9-7-14;/h3-9,12H,2,10-11,13H2,1H3,(H,22,28)(H2,21,23,24);1H. The first-order valence-electron chi connectivity index (χ1n) is 9.02. The summed E-state index contributed by atoms with van der Waals surface area (Å²) in [5, 5.41) is 17.6. The highest BCUT2D eigenvalue weighted by atomic mass is 127. The van der Waals surface area contributed by atoms with Gasteiger partial charge >= 0.3 is 0 Å². The van der Waals surface area contributed by atoms with Crippen molar-refractivity contribution in [2.75, 3.05) is 19.6 Å². The van der Waals surface area contributed by atoms with Gasteiger partial charge in [-0.25, -0.2) is 4.99 Å². The van der Waals surface area contributed by atoms with E-state index in [4.69, 9.17) is 0 Å². The molecule has 0 aliphatic heterocycles. The SMILES string of the molecule is CCNC(=NCc1nnc2ccccn12)NCCNC(=O)c1ccc(Br)cc1.I. The molecule has 2 aromatic heterocycles. The van der Waals surface area contributed by atoms with E-state index in [1.165, 1.54) is 0 Å². The monoisotopic (exact) mass is 571 g/mol. The average molecular weight is 572 g/mol. The average Bonchev–Trinajstić information content (AvgIpc) is 3.13. The second-order valence-electron chi connectivity index (χ2n) is 5.93. The lowest BCUT2D eigenvalue weighted by Crippen LogP contribution is -2.41. The molecule has 8 nitrogen and oxygen atoms in total. The number of benzene rings is 1. The summed E-state index contributed by atoms with van der Waals surface area (Å²) >= 11 is 3.36. The number of fused-ring (bicyclic) bond motifs is 1. The Hall–Kier alpha value is -2.21. The number of nitrogens with zero attached hydrogens (tertiary/aromatic N) is 4. The first kappa shape index (κ1) is 23.1. The Morgan fingerprint density at radius 1 is 1.07 bits per heavy atom. The first-order chi connectivity index (χ1) is 13.7. The molecular formula is C19H23BrIN7O. The van der Waals surface area contributed by atoms with Crippen LogP contribution in [0, 0.1) is 0 Å². The zero-order valence-corrected chi connectivity index (χ0v) is 19.8. The van der Waals surface area contributed by atoms with Gasteiger partial charge in [0.2, 0.25) is 0 Å². The zero-order chi connectivity index (χ0) is 19.8. The van der Waals surface area contributed by atoms with Crippen LogP contribution in [0.3, 0.4) is 0 Å². The fourth-order valence-electron chi connectivity index (χ4n) is 2.55. The van der Waals surface area contributed by atoms with E-state index in [9.17, 15) is 4.79 Å². The number of amides is 1. The number of nitrogens with one attached hydrogen (secondary N) is 3. The van der Waals surface area contributed by atoms with Crippen molar-refractivity contribution < 1.29 is 4.79 Å². The molecule has 1 amide bonds. The fraction of sp³-hybridized carbons (Fsp3) is 0.263. The van der Waals surface area contributed by atoms with Crippen molar-refractivity contribution in [1.29, 1.82) is 0 Å². The normalized spacial score (nSPS) is 11.0. The molecule has 3 N–H and O–H groups in total. The lowest BCUT2D eigenvalue weighted by atomic mass is 10.2. The Morgan fingerprint density at radius 3 is 2.59 bits per heavy atom. The number of pyridine rings is 1. The van der Waals surface area contributed by atoms with E-state index in [0.717, 1.165) is 22.5 Å². The van der Waals surface area contributed by atoms with Crippen molar-refractivity contribution in [2.45, 2.75) is 13.5 Å². The molecule has 2 heterocycles. The number of rotatable bonds is 7. The van der Waals surface area contributed by atoms with Gasteiger partial charge in [-0.1, -0.05) is 22.0 Å². The zero-order valence-electron chi connectivity index (χ0n) is 15.9. The van der Waals surface area contributed by atoms with Gasteiger partial charge in [-0.05, 0) is 43.3 Å². The van der Waals surface area contributed by atoms with Gasteiger partial charge in [0.15, 0.2) is 17.4 Å². The fourth-order valence-corrected chi connectivity index (χ4v) is 2.81. The maximum atomic E-state index is 12.1. The molecule has 0 aliphatic rings. The highest BCUT2D eigenvalue weighted by Gasteiger charge is 2.06. The molecule has 0 saturated carbocycles. The molecular weight excluding hydrogens is 549 g/mol. The minimum absolute atomic E-state index is 0. The minimum Gasteiger partial charge on any atom is -0.357 e. The molecule has 154 valence electrons. The summed E-state index contributed by atoms with van der Waals surface area (Å²) in [4.78, 5) is 16.7. The summed E-state index contributed by atoms with van der Waals surface area (Å²) in [5.74, 6) is 1.32. The summed E-state index contributed by atoms with van der Waals surface area (Å²) in [6.07, 6.45) is 1.91. The predicted octanol–water partition coefficient (Wildman–Crippen LogP) is 2.59. The van der Waals surface area contributed by atoms with Crippen LogP contribution in [0.5, 0.6) is 0 Å². The van der Waals surface area contributed by atoms with Gasteiger partial charge in [0.05, 0.1) is 0 Å². The third-order valence-electron chi connectivity index (χ3n) is 3.92. The summed E-state index contributed by atoms with van der Waals surface area (Å²) in [6.45, 7) is 4.16. The van der Waals surface area contributed by atoms with Gasteiger partial charge in [-0.15, -0.1) is 34.2 Å². The maximum absolute atomic E-state index is 12.1. The van der Waals surface area contributed by atoms with Crippen molar-refractivity contribution in [1.82, 2.24) is 30.5 Å². The van der Waals surface area contributed by atoms with Gasteiger partial charge in [0.1, 0.15) is 6.54 Å². The van der Waals surface area contributed by atoms with E-state index in [2.05, 4.69) is 47.1 Å². The van der Waals surface area contributed by atoms with E-state index in [1.54, 1.807) is 12.1 Å². The minimum atomic E-state index is -0.105. The number of hydrogen-bond donors (Lipinski definition) is 3. The van der Waals surface area contributed by atoms with Crippen LogP contribution in [-0.4, -0.2) is 46.1 Å². The van der Waals surface area contributed by atoms with Crippen molar-refractivity contribution >= 4 is 57.4 Å². The third kappa shape index (κ3) is 6.67. The van der Waals surface area contributed by atoms with Crippen LogP contribution >= 0.6 is 39.9 Å². The van der Waals surface area contributed by atoms with E-state index in [0.29, 0.717) is 31.2 Å². The topological polar surface area (TPSA) is 95.7 Å². The van der Waals surface area contributed by atoms with E-state index in [-0.39, 0.29) is 29.9 Å². The molecule has 0 atom stereocenters. The molecule has 0 radical (unpaired) electrons. The van der Waals surface area contributed by atoms with Crippen molar-refractivity contribution in [3.63, 3.8) is 0 Å². The van der Waals surface area contributed by atoms with Crippen LogP contribution < -0.4 is 16.0 Å². The Kier molecular flexibility index (Phi) is 9.32. The number of hydrogen-bond acceptors (Lipinski definition) is 4. The molecule has 29 heavy (non-hydrogen) atoms. The summed E-state index contributed by atoms with van der Waals surface area (Å²) in [6, 6.07) is 13.0. The van der Waals surface area contributed by atoms with E-state index in [1.807, 2.05) is 47.9 Å². The number of guanidine groups is 1. The molecule has 0 saturated heterocycles. The second kappa shape index (κ2) is 11.7. The highest BCUT2D eigenvalue weighted by Crippen LogP contribution is 2.10. The summed E-state index contributed by atoms with van der Waals surface area (Å²) in [5.41, 5.74) is 1.42. The van der Waals surface area contributed by atoms with Crippen molar-refractivity contribution in [3.05, 3.63) is 64.5 Å². The Balaban J connectivity index is 0.00000300. The quantitative estimate of drug-likeness (QED) is 0.175. The number of halogens is 2. The summed E-state index contributed by atoms with van der Waals surface area (Å²) in [7, 11) is 0. The molecule has 1 aromatic carbocycles. The lowest BCUT2D eigenvalue weighted by molar-refractivity contribution is 0.0954. The van der Waals surface area contributed by atoms with Gasteiger partial charge in [-0.3, -0.25) is 9.20 Å². The largest absolute Gasteiger partial charge is 0.357 e. The van der Waals surface area contributed by atoms with E-state index < -0.39 is 0 Å². The summed E-state index contributed by atoms with van der Waals surface area (Å²) < 4.78 is 2.85. The third-order valence-corrected chi connectivity index (χ3v) is 4.45.